The van der Waals surface area contributed by atoms with Gasteiger partial charge in [0.25, 0.3) is 0 Å². The van der Waals surface area contributed by atoms with Crippen molar-refractivity contribution in [3.63, 3.8) is 0 Å². The fourth-order valence-corrected chi connectivity index (χ4v) is 6.22. The van der Waals surface area contributed by atoms with Crippen LogP contribution < -0.4 is 5.73 Å². The van der Waals surface area contributed by atoms with Crippen molar-refractivity contribution in [3.8, 4) is 0 Å². The Morgan fingerprint density at radius 1 is 1.16 bits per heavy atom. The Morgan fingerprint density at radius 3 is 2.44 bits per heavy atom. The number of phosphoric ester groups is 1. The second kappa shape index (κ2) is 8.60. The quantitative estimate of drug-likeness (QED) is 0.163. The SMILES string of the molecule is C[C@]1(COP(=O)(O)OP(=O)(O)OP(=O)(O)O)O[C@@H](N2C=NC3C(N)=NC=NC32)C(O)[C@H]1O. The lowest BCUT2D eigenvalue weighted by atomic mass is 9.98. The van der Waals surface area contributed by atoms with E-state index in [-0.39, 0.29) is 5.84 Å². The van der Waals surface area contributed by atoms with Crippen LogP contribution in [0.5, 0.6) is 0 Å². The van der Waals surface area contributed by atoms with Gasteiger partial charge in [0.2, 0.25) is 0 Å². The molecule has 5 unspecified atom stereocenters. The topological polar surface area (TPSA) is 276 Å². The predicted molar refractivity (Wildman–Crippen MR) is 103 cm³/mol. The maximum absolute atomic E-state index is 11.9. The number of fused-ring (bicyclic) bond motifs is 1. The zero-order valence-electron chi connectivity index (χ0n) is 16.0. The first-order valence-corrected chi connectivity index (χ1v) is 13.0. The van der Waals surface area contributed by atoms with Crippen LogP contribution in [0.15, 0.2) is 15.0 Å². The normalized spacial score (nSPS) is 38.3. The summed E-state index contributed by atoms with van der Waals surface area (Å²) in [7, 11) is -16.7. The number of phosphoric acid groups is 3. The molecule has 18 nitrogen and oxygen atoms in total. The van der Waals surface area contributed by atoms with E-state index in [0.717, 1.165) is 0 Å². The molecule has 3 aliphatic rings. The lowest BCUT2D eigenvalue weighted by molar-refractivity contribution is -0.127. The molecule has 3 aliphatic heterocycles. The second-order valence-electron chi connectivity index (χ2n) is 7.01. The number of nitrogens with two attached hydrogens (primary N) is 1. The Labute approximate surface area is 179 Å². The first kappa shape index (κ1) is 25.5. The number of nitrogens with zero attached hydrogens (tertiary/aromatic N) is 4. The number of amidine groups is 1. The Kier molecular flexibility index (Phi) is 6.86. The average molecular weight is 523 g/mol. The fourth-order valence-electron chi connectivity index (χ4n) is 3.11. The predicted octanol–water partition coefficient (Wildman–Crippen LogP) is -2.40. The Hall–Kier alpha value is -1.10. The summed E-state index contributed by atoms with van der Waals surface area (Å²) in [6.07, 6.45) is -2.84. The highest BCUT2D eigenvalue weighted by Crippen LogP contribution is 2.66. The molecule has 0 saturated carbocycles. The Bertz CT molecular complexity index is 985. The van der Waals surface area contributed by atoms with Crippen LogP contribution >= 0.6 is 23.5 Å². The van der Waals surface area contributed by atoms with Gasteiger partial charge in [-0.3, -0.25) is 9.52 Å². The van der Waals surface area contributed by atoms with Gasteiger partial charge in [0, 0.05) is 0 Å². The van der Waals surface area contributed by atoms with Gasteiger partial charge in [0.15, 0.2) is 12.4 Å². The molecule has 0 aromatic heterocycles. The van der Waals surface area contributed by atoms with Crippen LogP contribution in [0.25, 0.3) is 0 Å². The second-order valence-corrected chi connectivity index (χ2v) is 11.4. The molecule has 182 valence electrons. The van der Waals surface area contributed by atoms with Gasteiger partial charge in [-0.1, -0.05) is 0 Å². The molecule has 0 amide bonds. The van der Waals surface area contributed by atoms with Crippen molar-refractivity contribution in [2.45, 2.75) is 43.2 Å². The maximum Gasteiger partial charge on any atom is 0.490 e. The van der Waals surface area contributed by atoms with Gasteiger partial charge >= 0.3 is 23.5 Å². The maximum atomic E-state index is 11.9. The molecule has 21 heteroatoms. The molecule has 0 aromatic rings. The summed E-state index contributed by atoms with van der Waals surface area (Å²) in [4.78, 5) is 49.2. The molecule has 0 bridgehead atoms. The van der Waals surface area contributed by atoms with Crippen LogP contribution in [0.1, 0.15) is 6.92 Å². The lowest BCUT2D eigenvalue weighted by Crippen LogP contribution is -2.51. The first-order valence-electron chi connectivity index (χ1n) is 8.51. The molecule has 8 N–H and O–H groups in total. The number of ether oxygens (including phenoxy) is 1. The van der Waals surface area contributed by atoms with E-state index in [1.54, 1.807) is 0 Å². The molecule has 0 aromatic carbocycles. The monoisotopic (exact) mass is 523 g/mol. The highest BCUT2D eigenvalue weighted by atomic mass is 31.3. The van der Waals surface area contributed by atoms with E-state index >= 15 is 0 Å². The van der Waals surface area contributed by atoms with Crippen molar-refractivity contribution in [1.82, 2.24) is 4.90 Å². The molecular formula is C11H20N5O13P3. The van der Waals surface area contributed by atoms with Gasteiger partial charge in [-0.05, 0) is 6.92 Å². The molecular weight excluding hydrogens is 503 g/mol. The van der Waals surface area contributed by atoms with Crippen molar-refractivity contribution in [3.05, 3.63) is 0 Å². The number of rotatable bonds is 8. The van der Waals surface area contributed by atoms with E-state index in [0.29, 0.717) is 0 Å². The van der Waals surface area contributed by atoms with E-state index in [1.165, 1.54) is 24.5 Å². The summed E-state index contributed by atoms with van der Waals surface area (Å²) in [6, 6.07) is -0.658. The van der Waals surface area contributed by atoms with Crippen molar-refractivity contribution < 1.29 is 61.4 Å². The molecule has 0 radical (unpaired) electrons. The molecule has 8 atom stereocenters. The third-order valence-electron chi connectivity index (χ3n) is 4.53. The van der Waals surface area contributed by atoms with Crippen molar-refractivity contribution in [2.24, 2.45) is 20.7 Å². The number of aliphatic imine (C=N–C) groups is 3. The molecule has 0 spiro atoms. The fraction of sp³-hybridized carbons (Fsp3) is 0.727. The van der Waals surface area contributed by atoms with E-state index in [2.05, 4.69) is 28.1 Å². The highest BCUT2D eigenvalue weighted by molar-refractivity contribution is 7.66. The standard InChI is InChI=1S/C11H20N5O13P3/c1-11(2-26-31(22,23)29-32(24,25)28-30(19,20)21)7(18)6(17)10(27-11)16-4-15-5-8(12)13-3-14-9(5)16/h3-7,9-10,17-18H,2H2,1H3,(H,22,23)(H,24,25)(H2,12,13,14)(H2,19,20,21)/t5?,6?,7-,9?,10-,11-/m1/s1. The smallest absolute Gasteiger partial charge is 0.387 e. The molecule has 3 rings (SSSR count). The summed E-state index contributed by atoms with van der Waals surface area (Å²) in [6.45, 7) is 0.216. The molecule has 3 heterocycles. The number of hydrogen-bond acceptors (Lipinski definition) is 14. The highest BCUT2D eigenvalue weighted by Gasteiger charge is 2.56. The van der Waals surface area contributed by atoms with Gasteiger partial charge in [0.1, 0.15) is 36.0 Å². The summed E-state index contributed by atoms with van der Waals surface area (Å²) >= 11 is 0. The molecule has 1 fully saturated rings. The van der Waals surface area contributed by atoms with Gasteiger partial charge in [0.05, 0.1) is 12.9 Å². The van der Waals surface area contributed by atoms with E-state index in [4.69, 9.17) is 20.3 Å². The lowest BCUT2D eigenvalue weighted by Gasteiger charge is -2.32. The minimum absolute atomic E-state index is 0.159. The number of aliphatic hydroxyl groups is 2. The van der Waals surface area contributed by atoms with Crippen molar-refractivity contribution in [2.75, 3.05) is 6.61 Å². The summed E-state index contributed by atoms with van der Waals surface area (Å²) < 4.78 is 51.4. The van der Waals surface area contributed by atoms with Crippen LogP contribution in [-0.4, -0.2) is 96.1 Å². The first-order chi connectivity index (χ1) is 14.5. The number of hydrogen-bond donors (Lipinski definition) is 7. The van der Waals surface area contributed by atoms with Gasteiger partial charge in [-0.15, -0.1) is 0 Å². The molecule has 1 saturated heterocycles. The van der Waals surface area contributed by atoms with Gasteiger partial charge < -0.3 is 45.2 Å². The van der Waals surface area contributed by atoms with Crippen LogP contribution in [0, 0.1) is 0 Å². The zero-order valence-corrected chi connectivity index (χ0v) is 18.7. The van der Waals surface area contributed by atoms with Crippen LogP contribution in [0.3, 0.4) is 0 Å². The largest absolute Gasteiger partial charge is 0.490 e. The summed E-state index contributed by atoms with van der Waals surface area (Å²) in [5.41, 5.74) is 3.89. The zero-order chi connectivity index (χ0) is 24.1. The molecule has 32 heavy (non-hydrogen) atoms. The van der Waals surface area contributed by atoms with Crippen LogP contribution in [0.4, 0.5) is 0 Å². The Morgan fingerprint density at radius 2 is 1.81 bits per heavy atom. The van der Waals surface area contributed by atoms with Crippen LogP contribution in [-0.2, 0) is 31.6 Å². The van der Waals surface area contributed by atoms with Crippen molar-refractivity contribution in [1.29, 1.82) is 0 Å². The minimum Gasteiger partial charge on any atom is -0.387 e. The summed E-state index contributed by atoms with van der Waals surface area (Å²) in [5.74, 6) is 0.159. The van der Waals surface area contributed by atoms with E-state index in [1.807, 2.05) is 0 Å². The molecule has 0 aliphatic carbocycles. The van der Waals surface area contributed by atoms with E-state index < -0.39 is 66.3 Å². The minimum atomic E-state index is -5.72. The van der Waals surface area contributed by atoms with Gasteiger partial charge in [-0.25, -0.2) is 23.7 Å². The van der Waals surface area contributed by atoms with Crippen LogP contribution in [0.2, 0.25) is 0 Å². The summed E-state index contributed by atoms with van der Waals surface area (Å²) in [5, 5.41) is 20.9. The van der Waals surface area contributed by atoms with E-state index in [9.17, 15) is 33.7 Å². The third kappa shape index (κ3) is 5.51. The average Bonchev–Trinajstić information content (AvgIpc) is 3.14. The third-order valence-corrected chi connectivity index (χ3v) is 8.32. The van der Waals surface area contributed by atoms with Gasteiger partial charge in [-0.2, -0.15) is 8.62 Å². The van der Waals surface area contributed by atoms with Crippen molar-refractivity contribution >= 4 is 42.0 Å². The Balaban J connectivity index is 1.67. The number of aliphatic hydroxyl groups excluding tert-OH is 2.